The number of hydrogen-bond acceptors (Lipinski definition) is 1. The molecule has 18 heavy (non-hydrogen) atoms. The van der Waals surface area contributed by atoms with Crippen LogP contribution in [0.2, 0.25) is 0 Å². The predicted octanol–water partition coefficient (Wildman–Crippen LogP) is 3.52. The van der Waals surface area contributed by atoms with Gasteiger partial charge in [-0.1, -0.05) is 0 Å². The highest BCUT2D eigenvalue weighted by Gasteiger charge is 2.31. The first-order chi connectivity index (χ1) is 8.37. The van der Waals surface area contributed by atoms with Gasteiger partial charge in [0.05, 0.1) is 6.42 Å². The summed E-state index contributed by atoms with van der Waals surface area (Å²) in [6.07, 6.45) is -4.32. The Morgan fingerprint density at radius 1 is 1.28 bits per heavy atom. The molecular weight excluding hydrogens is 358 g/mol. The molecule has 2 rings (SSSR count). The van der Waals surface area contributed by atoms with Crippen molar-refractivity contribution in [3.63, 3.8) is 0 Å². The molecule has 1 aliphatic heterocycles. The molecule has 0 aliphatic carbocycles. The van der Waals surface area contributed by atoms with E-state index in [0.717, 1.165) is 9.13 Å². The first-order valence-corrected chi connectivity index (χ1v) is 6.60. The third-order valence-corrected chi connectivity index (χ3v) is 3.53. The Morgan fingerprint density at radius 3 is 2.67 bits per heavy atom. The van der Waals surface area contributed by atoms with Gasteiger partial charge in [0.15, 0.2) is 0 Å². The second-order valence-corrected chi connectivity index (χ2v) is 5.43. The van der Waals surface area contributed by atoms with Gasteiger partial charge in [-0.15, -0.1) is 0 Å². The number of hydrogen-bond donors (Lipinski definition) is 0. The van der Waals surface area contributed by atoms with Crippen molar-refractivity contribution in [2.75, 3.05) is 11.4 Å². The van der Waals surface area contributed by atoms with Gasteiger partial charge in [0, 0.05) is 22.2 Å². The molecule has 0 spiro atoms. The molecular formula is C12H11F3INO. The van der Waals surface area contributed by atoms with E-state index in [1.165, 1.54) is 4.90 Å². The molecule has 1 aromatic rings. The van der Waals surface area contributed by atoms with Crippen LogP contribution < -0.4 is 4.90 Å². The molecule has 0 unspecified atom stereocenters. The van der Waals surface area contributed by atoms with Crippen LogP contribution >= 0.6 is 22.6 Å². The van der Waals surface area contributed by atoms with Crippen LogP contribution in [0, 0.1) is 3.57 Å². The van der Waals surface area contributed by atoms with Crippen LogP contribution in [0.4, 0.5) is 18.9 Å². The standard InChI is InChI=1S/C12H11F3INO/c13-12(14,15)5-6-17-10-3-2-9(16)7-8(10)1-4-11(17)18/h2-3,7H,1,4-6H2. The molecule has 6 heteroatoms. The Balaban J connectivity index is 2.23. The molecule has 0 aromatic heterocycles. The highest BCUT2D eigenvalue weighted by molar-refractivity contribution is 14.1. The van der Waals surface area contributed by atoms with E-state index in [0.29, 0.717) is 12.1 Å². The third kappa shape index (κ3) is 3.15. The number of rotatable bonds is 2. The van der Waals surface area contributed by atoms with Crippen LogP contribution in [0.25, 0.3) is 0 Å². The smallest absolute Gasteiger partial charge is 0.312 e. The number of fused-ring (bicyclic) bond motifs is 1. The van der Waals surface area contributed by atoms with Crippen LogP contribution in [0.3, 0.4) is 0 Å². The van der Waals surface area contributed by atoms with Crippen LogP contribution in [0.1, 0.15) is 18.4 Å². The summed E-state index contributed by atoms with van der Waals surface area (Å²) in [6, 6.07) is 5.45. The lowest BCUT2D eigenvalue weighted by Crippen LogP contribution is -2.37. The molecule has 1 aromatic carbocycles. The lowest BCUT2D eigenvalue weighted by Gasteiger charge is -2.29. The zero-order chi connectivity index (χ0) is 13.3. The van der Waals surface area contributed by atoms with E-state index < -0.39 is 12.6 Å². The first kappa shape index (κ1) is 13.6. The van der Waals surface area contributed by atoms with E-state index in [4.69, 9.17) is 0 Å². The fraction of sp³-hybridized carbons (Fsp3) is 0.417. The molecule has 0 bridgehead atoms. The fourth-order valence-electron chi connectivity index (χ4n) is 2.01. The molecule has 2 nitrogen and oxygen atoms in total. The zero-order valence-corrected chi connectivity index (χ0v) is 11.6. The molecule has 0 saturated carbocycles. The minimum atomic E-state index is -4.24. The summed E-state index contributed by atoms with van der Waals surface area (Å²) in [7, 11) is 0. The average Bonchev–Trinajstić information content (AvgIpc) is 2.26. The molecule has 0 atom stereocenters. The summed E-state index contributed by atoms with van der Waals surface area (Å²) in [6.45, 7) is -0.296. The van der Waals surface area contributed by atoms with Gasteiger partial charge < -0.3 is 4.90 Å². The predicted molar refractivity (Wildman–Crippen MR) is 70.5 cm³/mol. The number of anilines is 1. The Bertz CT molecular complexity index is 473. The minimum absolute atomic E-state index is 0.229. The summed E-state index contributed by atoms with van der Waals surface area (Å²) in [5.41, 5.74) is 1.57. The van der Waals surface area contributed by atoms with Crippen LogP contribution in [-0.2, 0) is 11.2 Å². The lowest BCUT2D eigenvalue weighted by atomic mass is 10.0. The van der Waals surface area contributed by atoms with Gasteiger partial charge in [-0.3, -0.25) is 4.79 Å². The Labute approximate surface area is 116 Å². The van der Waals surface area contributed by atoms with Crippen molar-refractivity contribution in [2.45, 2.75) is 25.4 Å². The van der Waals surface area contributed by atoms with Crippen molar-refractivity contribution in [1.82, 2.24) is 0 Å². The Hall–Kier alpha value is -0.790. The molecule has 0 radical (unpaired) electrons. The molecule has 1 amide bonds. The van der Waals surface area contributed by atoms with Crippen LogP contribution in [-0.4, -0.2) is 18.6 Å². The Kier molecular flexibility index (Phi) is 3.84. The maximum atomic E-state index is 12.2. The number of aryl methyl sites for hydroxylation is 1. The maximum absolute atomic E-state index is 12.2. The highest BCUT2D eigenvalue weighted by atomic mass is 127. The van der Waals surface area contributed by atoms with Crippen molar-refractivity contribution >= 4 is 34.2 Å². The van der Waals surface area contributed by atoms with Gasteiger partial charge in [-0.25, -0.2) is 0 Å². The lowest BCUT2D eigenvalue weighted by molar-refractivity contribution is -0.133. The van der Waals surface area contributed by atoms with Gasteiger partial charge in [0.1, 0.15) is 0 Å². The summed E-state index contributed by atoms with van der Waals surface area (Å²) < 4.78 is 37.7. The van der Waals surface area contributed by atoms with E-state index >= 15 is 0 Å². The number of benzene rings is 1. The number of halogens is 4. The second-order valence-electron chi connectivity index (χ2n) is 4.18. The highest BCUT2D eigenvalue weighted by Crippen LogP contribution is 2.31. The number of nitrogens with zero attached hydrogens (tertiary/aromatic N) is 1. The van der Waals surface area contributed by atoms with Crippen molar-refractivity contribution in [3.8, 4) is 0 Å². The van der Waals surface area contributed by atoms with E-state index in [-0.39, 0.29) is 18.9 Å². The summed E-state index contributed by atoms with van der Waals surface area (Å²) in [4.78, 5) is 13.0. The zero-order valence-electron chi connectivity index (χ0n) is 9.43. The summed E-state index contributed by atoms with van der Waals surface area (Å²) >= 11 is 2.15. The van der Waals surface area contributed by atoms with E-state index in [9.17, 15) is 18.0 Å². The normalized spacial score (nSPS) is 15.8. The van der Waals surface area contributed by atoms with Gasteiger partial charge >= 0.3 is 6.18 Å². The van der Waals surface area contributed by atoms with Gasteiger partial charge in [0.25, 0.3) is 0 Å². The van der Waals surface area contributed by atoms with Crippen molar-refractivity contribution in [3.05, 3.63) is 27.3 Å². The monoisotopic (exact) mass is 369 g/mol. The maximum Gasteiger partial charge on any atom is 0.390 e. The largest absolute Gasteiger partial charge is 0.390 e. The van der Waals surface area contributed by atoms with Gasteiger partial charge in [0.2, 0.25) is 5.91 Å². The number of carbonyl (C=O) groups excluding carboxylic acids is 1. The van der Waals surface area contributed by atoms with Crippen molar-refractivity contribution in [1.29, 1.82) is 0 Å². The van der Waals surface area contributed by atoms with Crippen molar-refractivity contribution in [2.24, 2.45) is 0 Å². The number of alkyl halides is 3. The van der Waals surface area contributed by atoms with Crippen molar-refractivity contribution < 1.29 is 18.0 Å². The van der Waals surface area contributed by atoms with Gasteiger partial charge in [-0.2, -0.15) is 13.2 Å². The minimum Gasteiger partial charge on any atom is -0.312 e. The van der Waals surface area contributed by atoms with Gasteiger partial charge in [-0.05, 0) is 52.8 Å². The Morgan fingerprint density at radius 2 is 2.00 bits per heavy atom. The second kappa shape index (κ2) is 5.07. The first-order valence-electron chi connectivity index (χ1n) is 5.52. The number of amides is 1. The fourth-order valence-corrected chi connectivity index (χ4v) is 2.57. The van der Waals surface area contributed by atoms with E-state index in [2.05, 4.69) is 22.6 Å². The molecule has 1 heterocycles. The molecule has 1 aliphatic rings. The van der Waals surface area contributed by atoms with Crippen LogP contribution in [0.5, 0.6) is 0 Å². The summed E-state index contributed by atoms with van der Waals surface area (Å²) in [5, 5.41) is 0. The quantitative estimate of drug-likeness (QED) is 0.731. The third-order valence-electron chi connectivity index (χ3n) is 2.86. The van der Waals surface area contributed by atoms with E-state index in [1.807, 2.05) is 6.07 Å². The van der Waals surface area contributed by atoms with E-state index in [1.54, 1.807) is 12.1 Å². The average molecular weight is 369 g/mol. The molecule has 0 fully saturated rings. The molecule has 0 saturated heterocycles. The summed E-state index contributed by atoms with van der Waals surface area (Å²) in [5.74, 6) is -0.229. The SMILES string of the molecule is O=C1CCc2cc(I)ccc2N1CCC(F)(F)F. The number of carbonyl (C=O) groups is 1. The van der Waals surface area contributed by atoms with Crippen LogP contribution in [0.15, 0.2) is 18.2 Å². The molecule has 0 N–H and O–H groups in total. The molecule has 98 valence electrons. The topological polar surface area (TPSA) is 20.3 Å².